The molecule has 0 aliphatic heterocycles. The maximum Gasteiger partial charge on any atom is 0.228 e. The van der Waals surface area contributed by atoms with Crippen LogP contribution in [0.25, 0.3) is 11.1 Å². The van der Waals surface area contributed by atoms with E-state index in [-0.39, 0.29) is 30.2 Å². The van der Waals surface area contributed by atoms with Crippen LogP contribution in [0.3, 0.4) is 0 Å². The van der Waals surface area contributed by atoms with E-state index >= 15 is 0 Å². The molecule has 3 aromatic carbocycles. The molecule has 0 saturated carbocycles. The van der Waals surface area contributed by atoms with Crippen molar-refractivity contribution in [2.45, 2.75) is 32.6 Å². The van der Waals surface area contributed by atoms with Crippen molar-refractivity contribution in [3.8, 4) is 22.6 Å². The van der Waals surface area contributed by atoms with Gasteiger partial charge in [0.2, 0.25) is 5.91 Å². The Kier molecular flexibility index (Phi) is 9.32. The minimum absolute atomic E-state index is 0. The fourth-order valence-corrected chi connectivity index (χ4v) is 3.44. The van der Waals surface area contributed by atoms with E-state index in [1.807, 2.05) is 30.3 Å². The van der Waals surface area contributed by atoms with Gasteiger partial charge in [0.1, 0.15) is 6.61 Å². The largest absolute Gasteiger partial charge is 0.493 e. The van der Waals surface area contributed by atoms with Gasteiger partial charge >= 0.3 is 0 Å². The summed E-state index contributed by atoms with van der Waals surface area (Å²) >= 11 is 0. The van der Waals surface area contributed by atoms with Crippen molar-refractivity contribution in [3.05, 3.63) is 77.9 Å². The highest BCUT2D eigenvalue weighted by atomic mass is 35.5. The van der Waals surface area contributed by atoms with Crippen LogP contribution in [0.15, 0.2) is 66.7 Å². The number of ether oxygens (including phenoxy) is 2. The number of halogens is 1. The monoisotopic (exact) mass is 468 g/mol. The number of carbonyl (C=O) groups excluding carboxylic acids is 1. The number of methoxy groups -OCH3 is 1. The Balaban J connectivity index is 0.00000385. The molecule has 33 heavy (non-hydrogen) atoms. The number of benzene rings is 3. The zero-order valence-electron chi connectivity index (χ0n) is 19.7. The second-order valence-electron chi connectivity index (χ2n) is 8.76. The predicted octanol–water partition coefficient (Wildman–Crippen LogP) is 5.60. The molecule has 3 rings (SSSR count). The lowest BCUT2D eigenvalue weighted by Gasteiger charge is -2.20. The summed E-state index contributed by atoms with van der Waals surface area (Å²) in [5.74, 6) is 1.11. The van der Waals surface area contributed by atoms with Gasteiger partial charge in [-0.3, -0.25) is 4.79 Å². The van der Waals surface area contributed by atoms with Crippen molar-refractivity contribution in [2.24, 2.45) is 5.73 Å². The van der Waals surface area contributed by atoms with Crippen LogP contribution in [0.4, 0.5) is 5.69 Å². The molecule has 0 aliphatic rings. The van der Waals surface area contributed by atoms with Gasteiger partial charge in [0.25, 0.3) is 0 Å². The van der Waals surface area contributed by atoms with E-state index in [0.717, 1.165) is 22.4 Å². The summed E-state index contributed by atoms with van der Waals surface area (Å²) in [4.78, 5) is 12.7. The van der Waals surface area contributed by atoms with E-state index in [9.17, 15) is 4.79 Å². The number of hydrogen-bond acceptors (Lipinski definition) is 4. The average molecular weight is 469 g/mol. The van der Waals surface area contributed by atoms with E-state index < -0.39 is 0 Å². The van der Waals surface area contributed by atoms with E-state index in [1.165, 1.54) is 5.56 Å². The summed E-state index contributed by atoms with van der Waals surface area (Å²) in [6.45, 7) is 7.44. The van der Waals surface area contributed by atoms with Crippen LogP contribution in [0.2, 0.25) is 0 Å². The Morgan fingerprint density at radius 3 is 2.30 bits per heavy atom. The van der Waals surface area contributed by atoms with Crippen LogP contribution in [0, 0.1) is 0 Å². The molecule has 0 unspecified atom stereocenters. The quantitative estimate of drug-likeness (QED) is 0.451. The second-order valence-corrected chi connectivity index (χ2v) is 8.76. The summed E-state index contributed by atoms with van der Waals surface area (Å²) in [5, 5.41) is 3.00. The van der Waals surface area contributed by atoms with E-state index in [1.54, 1.807) is 13.2 Å². The highest BCUT2D eigenvalue weighted by Gasteiger charge is 2.14. The first kappa shape index (κ1) is 26.2. The third kappa shape index (κ3) is 7.24. The SMILES string of the molecule is COc1cc(CC(=O)Nc2cccc(-c3cccc(C(C)(C)C)c3)c2)ccc1OCCN.Cl. The minimum atomic E-state index is -0.0942. The smallest absolute Gasteiger partial charge is 0.228 e. The number of rotatable bonds is 8. The molecule has 0 saturated heterocycles. The molecule has 3 aromatic rings. The molecule has 1 amide bonds. The van der Waals surface area contributed by atoms with Gasteiger partial charge in [-0.15, -0.1) is 12.4 Å². The van der Waals surface area contributed by atoms with Gasteiger partial charge in [0, 0.05) is 12.2 Å². The lowest BCUT2D eigenvalue weighted by Crippen LogP contribution is -2.15. The molecule has 0 bridgehead atoms. The van der Waals surface area contributed by atoms with Crippen molar-refractivity contribution in [1.29, 1.82) is 0 Å². The molecule has 3 N–H and O–H groups in total. The summed E-state index contributed by atoms with van der Waals surface area (Å²) in [6, 6.07) is 21.9. The third-order valence-corrected chi connectivity index (χ3v) is 5.18. The maximum absolute atomic E-state index is 12.7. The van der Waals surface area contributed by atoms with Gasteiger partial charge in [-0.25, -0.2) is 0 Å². The molecule has 5 nitrogen and oxygen atoms in total. The van der Waals surface area contributed by atoms with E-state index in [2.05, 4.69) is 56.4 Å². The Labute approximate surface area is 202 Å². The Bertz CT molecular complexity index is 1080. The van der Waals surface area contributed by atoms with Crippen LogP contribution < -0.4 is 20.5 Å². The van der Waals surface area contributed by atoms with Gasteiger partial charge in [-0.2, -0.15) is 0 Å². The highest BCUT2D eigenvalue weighted by Crippen LogP contribution is 2.30. The number of carbonyl (C=O) groups is 1. The standard InChI is InChI=1S/C27H32N2O3.ClH/c1-27(2,3)22-9-5-7-20(17-22)21-8-6-10-23(18-21)29-26(30)16-19-11-12-24(32-14-13-28)25(15-19)31-4;/h5-12,15,17-18H,13-14,16,28H2,1-4H3,(H,29,30);1H. The van der Waals surface area contributed by atoms with Crippen LogP contribution in [0.5, 0.6) is 11.5 Å². The summed E-state index contributed by atoms with van der Waals surface area (Å²) in [7, 11) is 1.58. The third-order valence-electron chi connectivity index (χ3n) is 5.18. The summed E-state index contributed by atoms with van der Waals surface area (Å²) in [5.41, 5.74) is 10.7. The van der Waals surface area contributed by atoms with Crippen molar-refractivity contribution in [3.63, 3.8) is 0 Å². The minimum Gasteiger partial charge on any atom is -0.493 e. The fraction of sp³-hybridized carbons (Fsp3) is 0.296. The Morgan fingerprint density at radius 1 is 0.939 bits per heavy atom. The van der Waals surface area contributed by atoms with Crippen molar-refractivity contribution in [1.82, 2.24) is 0 Å². The van der Waals surface area contributed by atoms with Gasteiger partial charge < -0.3 is 20.5 Å². The van der Waals surface area contributed by atoms with Crippen LogP contribution in [-0.2, 0) is 16.6 Å². The first-order valence-corrected chi connectivity index (χ1v) is 10.8. The van der Waals surface area contributed by atoms with E-state index in [4.69, 9.17) is 15.2 Å². The summed E-state index contributed by atoms with van der Waals surface area (Å²) in [6.07, 6.45) is 0.233. The normalized spacial score (nSPS) is 10.8. The number of hydrogen-bond donors (Lipinski definition) is 2. The zero-order valence-corrected chi connectivity index (χ0v) is 20.5. The zero-order chi connectivity index (χ0) is 23.1. The Morgan fingerprint density at radius 2 is 1.64 bits per heavy atom. The van der Waals surface area contributed by atoms with Crippen LogP contribution in [0.1, 0.15) is 31.9 Å². The molecular weight excluding hydrogens is 436 g/mol. The van der Waals surface area contributed by atoms with E-state index in [0.29, 0.717) is 24.7 Å². The number of nitrogens with one attached hydrogen (secondary N) is 1. The Hall–Kier alpha value is -3.02. The van der Waals surface area contributed by atoms with Gasteiger partial charge in [-0.1, -0.05) is 63.2 Å². The topological polar surface area (TPSA) is 73.6 Å². The molecule has 6 heteroatoms. The molecule has 0 aliphatic carbocycles. The second kappa shape index (κ2) is 11.7. The highest BCUT2D eigenvalue weighted by molar-refractivity contribution is 5.93. The molecular formula is C27H33ClN2O3. The summed E-state index contributed by atoms with van der Waals surface area (Å²) < 4.78 is 11.0. The van der Waals surface area contributed by atoms with Crippen molar-refractivity contribution >= 4 is 24.0 Å². The van der Waals surface area contributed by atoms with Crippen molar-refractivity contribution in [2.75, 3.05) is 25.6 Å². The first-order valence-electron chi connectivity index (χ1n) is 10.8. The number of nitrogens with two attached hydrogens (primary N) is 1. The first-order chi connectivity index (χ1) is 15.3. The average Bonchev–Trinajstić information content (AvgIpc) is 2.77. The molecule has 0 spiro atoms. The fourth-order valence-electron chi connectivity index (χ4n) is 3.44. The van der Waals surface area contributed by atoms with Gasteiger partial charge in [0.15, 0.2) is 11.5 Å². The molecule has 0 radical (unpaired) electrons. The number of anilines is 1. The van der Waals surface area contributed by atoms with Crippen LogP contribution >= 0.6 is 12.4 Å². The van der Waals surface area contributed by atoms with Gasteiger partial charge in [-0.05, 0) is 51.9 Å². The lowest BCUT2D eigenvalue weighted by molar-refractivity contribution is -0.115. The molecule has 176 valence electrons. The number of amides is 1. The van der Waals surface area contributed by atoms with Gasteiger partial charge in [0.05, 0.1) is 13.5 Å². The maximum atomic E-state index is 12.7. The molecule has 0 fully saturated rings. The van der Waals surface area contributed by atoms with Crippen LogP contribution in [-0.4, -0.2) is 26.2 Å². The molecule has 0 heterocycles. The molecule has 0 atom stereocenters. The lowest BCUT2D eigenvalue weighted by atomic mass is 9.85. The predicted molar refractivity (Wildman–Crippen MR) is 138 cm³/mol. The molecule has 0 aromatic heterocycles. The van der Waals surface area contributed by atoms with Crippen molar-refractivity contribution < 1.29 is 14.3 Å².